The first-order valence-corrected chi connectivity index (χ1v) is 10.0. The van der Waals surface area contributed by atoms with Crippen molar-refractivity contribution in [1.29, 1.82) is 0 Å². The van der Waals surface area contributed by atoms with E-state index < -0.39 is 0 Å². The fourth-order valence-corrected chi connectivity index (χ4v) is 4.02. The van der Waals surface area contributed by atoms with Crippen molar-refractivity contribution in [2.24, 2.45) is 0 Å². The first-order chi connectivity index (χ1) is 13.9. The number of amides is 1. The Morgan fingerprint density at radius 1 is 1.00 bits per heavy atom. The van der Waals surface area contributed by atoms with Crippen LogP contribution in [0.15, 0.2) is 36.7 Å². The summed E-state index contributed by atoms with van der Waals surface area (Å²) in [4.78, 5) is 25.8. The number of hydrogen-bond acceptors (Lipinski definition) is 5. The third kappa shape index (κ3) is 3.93. The molecule has 7 nitrogen and oxygen atoms in total. The summed E-state index contributed by atoms with van der Waals surface area (Å²) < 4.78 is 1.78. The predicted octanol–water partition coefficient (Wildman–Crippen LogP) is 3.55. The molecule has 0 bridgehead atoms. The van der Waals surface area contributed by atoms with Gasteiger partial charge in [0.05, 0.1) is 33.7 Å². The Morgan fingerprint density at radius 3 is 2.28 bits per heavy atom. The van der Waals surface area contributed by atoms with Gasteiger partial charge in [-0.15, -0.1) is 0 Å². The molecule has 0 spiro atoms. The van der Waals surface area contributed by atoms with E-state index in [-0.39, 0.29) is 5.91 Å². The molecule has 0 atom stereocenters. The monoisotopic (exact) mass is 430 g/mol. The minimum atomic E-state index is -0.150. The number of halogens is 2. The summed E-state index contributed by atoms with van der Waals surface area (Å²) in [7, 11) is 0. The second-order valence-electron chi connectivity index (χ2n) is 6.95. The average Bonchev–Trinajstić information content (AvgIpc) is 3.06. The van der Waals surface area contributed by atoms with Crippen molar-refractivity contribution in [1.82, 2.24) is 24.6 Å². The van der Waals surface area contributed by atoms with Gasteiger partial charge in [0.25, 0.3) is 5.91 Å². The van der Waals surface area contributed by atoms with Gasteiger partial charge < -0.3 is 9.80 Å². The molecule has 1 amide bonds. The summed E-state index contributed by atoms with van der Waals surface area (Å²) in [5, 5.41) is 5.21. The normalized spacial score (nSPS) is 14.3. The molecule has 3 heterocycles. The molecule has 3 aromatic rings. The zero-order valence-corrected chi connectivity index (χ0v) is 17.7. The van der Waals surface area contributed by atoms with E-state index in [1.165, 1.54) is 0 Å². The van der Waals surface area contributed by atoms with Crippen LogP contribution >= 0.6 is 23.2 Å². The number of carbonyl (C=O) groups is 1. The van der Waals surface area contributed by atoms with Crippen molar-refractivity contribution in [3.05, 3.63) is 63.7 Å². The summed E-state index contributed by atoms with van der Waals surface area (Å²) in [6, 6.07) is 7.08. The Bertz CT molecular complexity index is 1040. The van der Waals surface area contributed by atoms with Crippen LogP contribution in [0.4, 0.5) is 5.82 Å². The topological polar surface area (TPSA) is 67.2 Å². The van der Waals surface area contributed by atoms with Crippen LogP contribution in [-0.2, 0) is 0 Å². The van der Waals surface area contributed by atoms with E-state index in [1.54, 1.807) is 40.2 Å². The number of carbonyl (C=O) groups excluding carboxylic acids is 1. The lowest BCUT2D eigenvalue weighted by Gasteiger charge is -2.35. The molecule has 1 aliphatic heterocycles. The molecule has 29 heavy (non-hydrogen) atoms. The maximum absolute atomic E-state index is 12.9. The van der Waals surface area contributed by atoms with Crippen molar-refractivity contribution in [3.8, 4) is 5.82 Å². The summed E-state index contributed by atoms with van der Waals surface area (Å²) in [6.07, 6.45) is 3.43. The molecular weight excluding hydrogens is 411 g/mol. The number of hydrogen-bond donors (Lipinski definition) is 0. The van der Waals surface area contributed by atoms with E-state index in [9.17, 15) is 4.79 Å². The lowest BCUT2D eigenvalue weighted by atomic mass is 10.1. The van der Waals surface area contributed by atoms with E-state index in [0.29, 0.717) is 47.6 Å². The number of piperazine rings is 1. The molecule has 1 saturated heterocycles. The lowest BCUT2D eigenvalue weighted by Crippen LogP contribution is -2.49. The molecular formula is C20H20Cl2N6O. The quantitative estimate of drug-likeness (QED) is 0.635. The molecule has 150 valence electrons. The summed E-state index contributed by atoms with van der Waals surface area (Å²) >= 11 is 12.4. The molecule has 1 aliphatic rings. The Morgan fingerprint density at radius 2 is 1.66 bits per heavy atom. The first-order valence-electron chi connectivity index (χ1n) is 9.28. The maximum Gasteiger partial charge on any atom is 0.257 e. The van der Waals surface area contributed by atoms with Crippen molar-refractivity contribution >= 4 is 34.9 Å². The number of nitrogens with zero attached hydrogens (tertiary/aromatic N) is 6. The van der Waals surface area contributed by atoms with Crippen LogP contribution < -0.4 is 4.90 Å². The Kier molecular flexibility index (Phi) is 5.43. The highest BCUT2D eigenvalue weighted by atomic mass is 35.5. The molecule has 1 aromatic carbocycles. The molecule has 0 radical (unpaired) electrons. The molecule has 4 rings (SSSR count). The minimum Gasteiger partial charge on any atom is -0.352 e. The predicted molar refractivity (Wildman–Crippen MR) is 113 cm³/mol. The Balaban J connectivity index is 1.48. The molecule has 0 saturated carbocycles. The van der Waals surface area contributed by atoms with Gasteiger partial charge in [0.1, 0.15) is 5.82 Å². The fourth-order valence-electron chi connectivity index (χ4n) is 3.46. The molecule has 1 fully saturated rings. The molecule has 0 unspecified atom stereocenters. The van der Waals surface area contributed by atoms with Crippen LogP contribution in [0.2, 0.25) is 10.0 Å². The Hall–Kier alpha value is -2.64. The number of benzene rings is 1. The third-order valence-electron chi connectivity index (χ3n) is 4.90. The largest absolute Gasteiger partial charge is 0.352 e. The highest BCUT2D eigenvalue weighted by Crippen LogP contribution is 2.26. The zero-order chi connectivity index (χ0) is 20.5. The van der Waals surface area contributed by atoms with E-state index >= 15 is 0 Å². The minimum absolute atomic E-state index is 0.150. The van der Waals surface area contributed by atoms with Crippen molar-refractivity contribution in [2.45, 2.75) is 13.8 Å². The van der Waals surface area contributed by atoms with Gasteiger partial charge >= 0.3 is 0 Å². The highest BCUT2D eigenvalue weighted by Gasteiger charge is 2.26. The van der Waals surface area contributed by atoms with Crippen LogP contribution in [0.1, 0.15) is 21.7 Å². The molecule has 0 N–H and O–H groups in total. The third-order valence-corrected chi connectivity index (χ3v) is 5.53. The van der Waals surface area contributed by atoms with Gasteiger partial charge in [-0.2, -0.15) is 5.10 Å². The summed E-state index contributed by atoms with van der Waals surface area (Å²) in [5.41, 5.74) is 2.29. The van der Waals surface area contributed by atoms with Gasteiger partial charge in [0, 0.05) is 31.9 Å². The van der Waals surface area contributed by atoms with Crippen molar-refractivity contribution in [3.63, 3.8) is 0 Å². The first kappa shape index (κ1) is 19.7. The second-order valence-corrected chi connectivity index (χ2v) is 7.76. The van der Waals surface area contributed by atoms with Gasteiger partial charge in [0.15, 0.2) is 5.82 Å². The number of aromatic nitrogens is 4. The number of anilines is 1. The van der Waals surface area contributed by atoms with Gasteiger partial charge in [-0.25, -0.2) is 9.67 Å². The van der Waals surface area contributed by atoms with Gasteiger partial charge in [-0.1, -0.05) is 29.3 Å². The molecule has 9 heteroatoms. The summed E-state index contributed by atoms with van der Waals surface area (Å²) in [5.74, 6) is 1.29. The van der Waals surface area contributed by atoms with E-state index in [0.717, 1.165) is 17.2 Å². The van der Waals surface area contributed by atoms with E-state index in [4.69, 9.17) is 28.2 Å². The summed E-state index contributed by atoms with van der Waals surface area (Å²) in [6.45, 7) is 6.31. The maximum atomic E-state index is 12.9. The molecule has 0 aliphatic carbocycles. The van der Waals surface area contributed by atoms with E-state index in [2.05, 4.69) is 15.0 Å². The van der Waals surface area contributed by atoms with E-state index in [1.807, 2.05) is 19.9 Å². The number of aryl methyl sites for hydroxylation is 2. The highest BCUT2D eigenvalue weighted by molar-refractivity contribution is 6.39. The second kappa shape index (κ2) is 8.00. The van der Waals surface area contributed by atoms with Crippen LogP contribution in [0.3, 0.4) is 0 Å². The van der Waals surface area contributed by atoms with Crippen LogP contribution in [0.5, 0.6) is 0 Å². The zero-order valence-electron chi connectivity index (χ0n) is 16.1. The van der Waals surface area contributed by atoms with Crippen LogP contribution in [0, 0.1) is 13.8 Å². The van der Waals surface area contributed by atoms with Gasteiger partial charge in [0.2, 0.25) is 0 Å². The van der Waals surface area contributed by atoms with Gasteiger partial charge in [-0.05, 0) is 32.0 Å². The molecule has 2 aromatic heterocycles. The SMILES string of the molecule is Cc1cc(C)n(-c2cncc(N3CCN(C(=O)c4c(Cl)cccc4Cl)CC3)n2)n1. The number of rotatable bonds is 3. The van der Waals surface area contributed by atoms with Gasteiger partial charge in [-0.3, -0.25) is 9.78 Å². The van der Waals surface area contributed by atoms with Crippen molar-refractivity contribution < 1.29 is 4.79 Å². The average molecular weight is 431 g/mol. The standard InChI is InChI=1S/C20H20Cl2N6O/c1-13-10-14(2)28(25-13)18-12-23-11-17(24-18)26-6-8-27(9-7-26)20(29)19-15(21)4-3-5-16(19)22/h3-5,10-12H,6-9H2,1-2H3. The smallest absolute Gasteiger partial charge is 0.257 e. The fraction of sp³-hybridized carbons (Fsp3) is 0.300. The Labute approximate surface area is 178 Å². The lowest BCUT2D eigenvalue weighted by molar-refractivity contribution is 0.0747. The van der Waals surface area contributed by atoms with Crippen LogP contribution in [0.25, 0.3) is 5.82 Å². The van der Waals surface area contributed by atoms with Crippen molar-refractivity contribution in [2.75, 3.05) is 31.1 Å². The van der Waals surface area contributed by atoms with Crippen LogP contribution in [-0.4, -0.2) is 56.7 Å².